The summed E-state index contributed by atoms with van der Waals surface area (Å²) in [5.74, 6) is -0.254. The zero-order valence-corrected chi connectivity index (χ0v) is 11.2. The monoisotopic (exact) mass is 285 g/mol. The van der Waals surface area contributed by atoms with E-state index in [0.717, 1.165) is 5.56 Å². The Kier molecular flexibility index (Phi) is 4.19. The second kappa shape index (κ2) is 5.69. The summed E-state index contributed by atoms with van der Waals surface area (Å²) in [6.07, 6.45) is 0.798. The Morgan fingerprint density at radius 3 is 2.58 bits per heavy atom. The summed E-state index contributed by atoms with van der Waals surface area (Å²) in [7, 11) is -2.93. The number of halogens is 1. The predicted octanol–water partition coefficient (Wildman–Crippen LogP) is 1.27. The van der Waals surface area contributed by atoms with Gasteiger partial charge in [-0.15, -0.1) is 0 Å². The lowest BCUT2D eigenvalue weighted by Gasteiger charge is -2.08. The van der Waals surface area contributed by atoms with Gasteiger partial charge in [-0.05, 0) is 30.0 Å². The first-order valence-corrected chi connectivity index (χ1v) is 7.98. The number of rotatable bonds is 4. The summed E-state index contributed by atoms with van der Waals surface area (Å²) in [5, 5.41) is 2.72. The van der Waals surface area contributed by atoms with Crippen molar-refractivity contribution in [1.82, 2.24) is 5.32 Å². The summed E-state index contributed by atoms with van der Waals surface area (Å²) in [6.45, 7) is 0.332. The maximum Gasteiger partial charge on any atom is 0.220 e. The number of benzene rings is 1. The molecule has 0 radical (unpaired) electrons. The molecule has 1 aliphatic rings. The number of carbonyl (C=O) groups excluding carboxylic acids is 1. The lowest BCUT2D eigenvalue weighted by molar-refractivity contribution is -0.122. The fraction of sp³-hybridized carbons (Fsp3) is 0.462. The molecule has 1 heterocycles. The van der Waals surface area contributed by atoms with Gasteiger partial charge in [-0.2, -0.15) is 0 Å². The quantitative estimate of drug-likeness (QED) is 0.906. The van der Waals surface area contributed by atoms with Gasteiger partial charge in [0, 0.05) is 13.0 Å². The van der Waals surface area contributed by atoms with E-state index in [9.17, 15) is 17.6 Å². The van der Waals surface area contributed by atoms with Gasteiger partial charge in [-0.3, -0.25) is 4.79 Å². The summed E-state index contributed by atoms with van der Waals surface area (Å²) in [6, 6.07) is 5.89. The maximum atomic E-state index is 12.7. The third kappa shape index (κ3) is 4.31. The van der Waals surface area contributed by atoms with Crippen LogP contribution in [-0.2, 0) is 21.2 Å². The molecular formula is C13H16FNO3S. The van der Waals surface area contributed by atoms with Crippen molar-refractivity contribution in [3.05, 3.63) is 35.6 Å². The first-order chi connectivity index (χ1) is 8.94. The van der Waals surface area contributed by atoms with Crippen LogP contribution in [0, 0.1) is 11.7 Å². The Balaban J connectivity index is 1.77. The number of hydrogen-bond acceptors (Lipinski definition) is 3. The molecule has 1 N–H and O–H groups in total. The average Bonchev–Trinajstić information content (AvgIpc) is 2.68. The normalized spacial score (nSPS) is 21.2. The van der Waals surface area contributed by atoms with Crippen molar-refractivity contribution in [3.63, 3.8) is 0 Å². The smallest absolute Gasteiger partial charge is 0.220 e. The van der Waals surface area contributed by atoms with Gasteiger partial charge < -0.3 is 5.32 Å². The highest BCUT2D eigenvalue weighted by molar-refractivity contribution is 7.91. The number of amides is 1. The highest BCUT2D eigenvalue weighted by Gasteiger charge is 2.29. The Hall–Kier alpha value is -1.43. The molecule has 1 aliphatic heterocycles. The fourth-order valence-corrected chi connectivity index (χ4v) is 4.03. The van der Waals surface area contributed by atoms with Crippen LogP contribution in [0.4, 0.5) is 4.39 Å². The molecular weight excluding hydrogens is 269 g/mol. The van der Waals surface area contributed by atoms with Crippen molar-refractivity contribution in [2.24, 2.45) is 5.92 Å². The van der Waals surface area contributed by atoms with Crippen molar-refractivity contribution in [2.75, 3.05) is 11.5 Å². The van der Waals surface area contributed by atoms with Gasteiger partial charge in [0.05, 0.1) is 11.5 Å². The summed E-state index contributed by atoms with van der Waals surface area (Å²) < 4.78 is 35.2. The van der Waals surface area contributed by atoms with Crippen molar-refractivity contribution in [1.29, 1.82) is 0 Å². The Labute approximate surface area is 111 Å². The van der Waals surface area contributed by atoms with Crippen LogP contribution in [0.3, 0.4) is 0 Å². The van der Waals surface area contributed by atoms with Gasteiger partial charge in [0.1, 0.15) is 5.82 Å². The second-order valence-electron chi connectivity index (χ2n) is 4.88. The molecule has 1 fully saturated rings. The first kappa shape index (κ1) is 14.0. The zero-order valence-electron chi connectivity index (χ0n) is 10.4. The van der Waals surface area contributed by atoms with Gasteiger partial charge in [0.15, 0.2) is 9.84 Å². The van der Waals surface area contributed by atoms with Crippen LogP contribution in [0.15, 0.2) is 24.3 Å². The average molecular weight is 285 g/mol. The zero-order chi connectivity index (χ0) is 13.9. The van der Waals surface area contributed by atoms with Crippen LogP contribution in [-0.4, -0.2) is 25.8 Å². The largest absolute Gasteiger partial charge is 0.352 e. The topological polar surface area (TPSA) is 63.2 Å². The number of sulfone groups is 1. The van der Waals surface area contributed by atoms with Crippen LogP contribution in [0.5, 0.6) is 0 Å². The molecule has 19 heavy (non-hydrogen) atoms. The maximum absolute atomic E-state index is 12.7. The highest BCUT2D eigenvalue weighted by Crippen LogP contribution is 2.21. The molecule has 1 atom stereocenters. The van der Waals surface area contributed by atoms with Crippen molar-refractivity contribution < 1.29 is 17.6 Å². The second-order valence-corrected chi connectivity index (χ2v) is 7.11. The van der Waals surface area contributed by atoms with Crippen molar-refractivity contribution in [2.45, 2.75) is 19.4 Å². The number of hydrogen-bond donors (Lipinski definition) is 1. The lowest BCUT2D eigenvalue weighted by atomic mass is 10.1. The van der Waals surface area contributed by atoms with E-state index in [1.165, 1.54) is 12.1 Å². The van der Waals surface area contributed by atoms with E-state index >= 15 is 0 Å². The predicted molar refractivity (Wildman–Crippen MR) is 69.6 cm³/mol. The molecule has 0 aliphatic carbocycles. The highest BCUT2D eigenvalue weighted by atomic mass is 32.2. The Morgan fingerprint density at radius 1 is 1.32 bits per heavy atom. The van der Waals surface area contributed by atoms with E-state index in [2.05, 4.69) is 5.32 Å². The van der Waals surface area contributed by atoms with E-state index in [-0.39, 0.29) is 35.6 Å². The fourth-order valence-electron chi connectivity index (χ4n) is 2.17. The van der Waals surface area contributed by atoms with Crippen LogP contribution >= 0.6 is 0 Å². The molecule has 1 amide bonds. The summed E-state index contributed by atoms with van der Waals surface area (Å²) in [4.78, 5) is 11.7. The minimum absolute atomic E-state index is 0.0711. The Morgan fingerprint density at radius 2 is 2.00 bits per heavy atom. The molecule has 0 saturated carbocycles. The van der Waals surface area contributed by atoms with E-state index in [1.807, 2.05) is 0 Å². The molecule has 0 unspecified atom stereocenters. The lowest BCUT2D eigenvalue weighted by Crippen LogP contribution is -2.25. The molecule has 4 nitrogen and oxygen atoms in total. The minimum Gasteiger partial charge on any atom is -0.352 e. The summed E-state index contributed by atoms with van der Waals surface area (Å²) in [5.41, 5.74) is 0.814. The Bertz CT molecular complexity index is 554. The van der Waals surface area contributed by atoms with Gasteiger partial charge in [-0.25, -0.2) is 12.8 Å². The van der Waals surface area contributed by atoms with Crippen molar-refractivity contribution in [3.8, 4) is 0 Å². The van der Waals surface area contributed by atoms with Crippen molar-refractivity contribution >= 4 is 15.7 Å². The molecule has 0 spiro atoms. The molecule has 1 aromatic carbocycles. The van der Waals surface area contributed by atoms with Crippen LogP contribution in [0.1, 0.15) is 18.4 Å². The summed E-state index contributed by atoms with van der Waals surface area (Å²) >= 11 is 0. The number of carbonyl (C=O) groups is 1. The van der Waals surface area contributed by atoms with Gasteiger partial charge in [0.2, 0.25) is 5.91 Å². The third-order valence-corrected chi connectivity index (χ3v) is 5.04. The molecule has 0 aromatic heterocycles. The molecule has 1 saturated heterocycles. The third-order valence-electron chi connectivity index (χ3n) is 3.20. The van der Waals surface area contributed by atoms with E-state index in [0.29, 0.717) is 13.0 Å². The molecule has 6 heteroatoms. The van der Waals surface area contributed by atoms with Gasteiger partial charge in [0.25, 0.3) is 0 Å². The SMILES string of the molecule is O=C(C[C@H]1CCS(=O)(=O)C1)NCc1ccc(F)cc1. The van der Waals surface area contributed by atoms with Gasteiger partial charge >= 0.3 is 0 Å². The van der Waals surface area contributed by atoms with Crippen LogP contribution < -0.4 is 5.32 Å². The van der Waals surface area contributed by atoms with E-state index < -0.39 is 9.84 Å². The molecule has 2 rings (SSSR count). The van der Waals surface area contributed by atoms with E-state index in [4.69, 9.17) is 0 Å². The molecule has 104 valence electrons. The van der Waals surface area contributed by atoms with Crippen LogP contribution in [0.25, 0.3) is 0 Å². The number of nitrogens with one attached hydrogen (secondary N) is 1. The van der Waals surface area contributed by atoms with E-state index in [1.54, 1.807) is 12.1 Å². The first-order valence-electron chi connectivity index (χ1n) is 6.16. The standard InChI is InChI=1S/C13H16FNO3S/c14-12-3-1-10(2-4-12)8-15-13(16)7-11-5-6-19(17,18)9-11/h1-4,11H,5-9H2,(H,15,16)/t11-/m1/s1. The molecule has 1 aromatic rings. The van der Waals surface area contributed by atoms with Crippen LogP contribution in [0.2, 0.25) is 0 Å². The molecule has 0 bridgehead atoms. The minimum atomic E-state index is -2.93. The van der Waals surface area contributed by atoms with Gasteiger partial charge in [-0.1, -0.05) is 12.1 Å².